The summed E-state index contributed by atoms with van der Waals surface area (Å²) >= 11 is 1.72. The molecule has 6 heteroatoms. The molecule has 0 spiro atoms. The third kappa shape index (κ3) is 3.27. The molecule has 1 aromatic heterocycles. The fraction of sp³-hybridized carbons (Fsp3) is 0.400. The van der Waals surface area contributed by atoms with E-state index in [1.54, 1.807) is 11.3 Å². The van der Waals surface area contributed by atoms with Crippen molar-refractivity contribution in [2.45, 2.75) is 19.8 Å². The van der Waals surface area contributed by atoms with Crippen molar-refractivity contribution >= 4 is 38.9 Å². The van der Waals surface area contributed by atoms with E-state index in [9.17, 15) is 9.90 Å². The van der Waals surface area contributed by atoms with Crippen molar-refractivity contribution in [3.8, 4) is 0 Å². The number of fused-ring (bicyclic) bond motifs is 1. The van der Waals surface area contributed by atoms with E-state index in [2.05, 4.69) is 31.0 Å². The van der Waals surface area contributed by atoms with Crippen LogP contribution < -0.4 is 0 Å². The number of carboxylic acid groups (broad SMARTS) is 1. The van der Waals surface area contributed by atoms with Gasteiger partial charge in [-0.2, -0.15) is 0 Å². The summed E-state index contributed by atoms with van der Waals surface area (Å²) in [7, 11) is 2.13. The largest absolute Gasteiger partial charge is 0.465 e. The molecule has 1 amide bonds. The molecule has 0 saturated carbocycles. The van der Waals surface area contributed by atoms with Crippen molar-refractivity contribution in [1.29, 1.82) is 0 Å². The molecule has 1 aromatic carbocycles. The molecule has 2 aliphatic heterocycles. The number of likely N-dealkylation sites (N-methyl/N-ethyl adjacent to an activating group) is 1. The monoisotopic (exact) mass is 369 g/mol. The second kappa shape index (κ2) is 6.85. The fourth-order valence-electron chi connectivity index (χ4n) is 3.55. The highest BCUT2D eigenvalue weighted by molar-refractivity contribution is 7.19. The molecular formula is C20H23N3O2S. The van der Waals surface area contributed by atoms with Gasteiger partial charge in [0.25, 0.3) is 0 Å². The quantitative estimate of drug-likeness (QED) is 0.854. The van der Waals surface area contributed by atoms with E-state index >= 15 is 0 Å². The number of carbonyl (C=O) groups is 1. The molecule has 5 nitrogen and oxygen atoms in total. The van der Waals surface area contributed by atoms with Gasteiger partial charge in [-0.15, -0.1) is 11.3 Å². The number of thiazole rings is 1. The molecular weight excluding hydrogens is 346 g/mol. The maximum absolute atomic E-state index is 11.6. The Morgan fingerprint density at radius 1 is 1.35 bits per heavy atom. The molecule has 0 radical (unpaired) electrons. The van der Waals surface area contributed by atoms with Crippen LogP contribution in [0.3, 0.4) is 0 Å². The van der Waals surface area contributed by atoms with E-state index in [1.165, 1.54) is 10.5 Å². The third-order valence-electron chi connectivity index (χ3n) is 5.10. The summed E-state index contributed by atoms with van der Waals surface area (Å²) in [5, 5.41) is 10.6. The van der Waals surface area contributed by atoms with Crippen LogP contribution in [0.2, 0.25) is 0 Å². The molecule has 1 atom stereocenters. The zero-order valence-electron chi connectivity index (χ0n) is 15.1. The van der Waals surface area contributed by atoms with Gasteiger partial charge in [0.05, 0.1) is 15.9 Å². The molecule has 2 aliphatic rings. The zero-order chi connectivity index (χ0) is 18.3. The van der Waals surface area contributed by atoms with Gasteiger partial charge in [0.1, 0.15) is 5.01 Å². The van der Waals surface area contributed by atoms with Gasteiger partial charge in [0, 0.05) is 25.2 Å². The number of rotatable bonds is 2. The smallest absolute Gasteiger partial charge is 0.411 e. The summed E-state index contributed by atoms with van der Waals surface area (Å²) in [5.74, 6) is 0.348. The molecule has 0 aliphatic carbocycles. The first-order valence-corrected chi connectivity index (χ1v) is 9.82. The van der Waals surface area contributed by atoms with E-state index in [0.717, 1.165) is 52.4 Å². The summed E-state index contributed by atoms with van der Waals surface area (Å²) in [4.78, 5) is 20.2. The van der Waals surface area contributed by atoms with Crippen molar-refractivity contribution < 1.29 is 9.90 Å². The van der Waals surface area contributed by atoms with Gasteiger partial charge in [-0.3, -0.25) is 4.90 Å². The average Bonchev–Trinajstić information content (AvgIpc) is 3.05. The lowest BCUT2D eigenvalue weighted by Crippen LogP contribution is -2.34. The van der Waals surface area contributed by atoms with Crippen LogP contribution in [-0.2, 0) is 0 Å². The molecule has 26 heavy (non-hydrogen) atoms. The van der Waals surface area contributed by atoms with Gasteiger partial charge < -0.3 is 10.0 Å². The molecule has 4 rings (SSSR count). The van der Waals surface area contributed by atoms with E-state index in [0.29, 0.717) is 12.5 Å². The van der Waals surface area contributed by atoms with E-state index in [4.69, 9.17) is 4.98 Å². The number of benzene rings is 1. The van der Waals surface area contributed by atoms with Crippen LogP contribution in [0.25, 0.3) is 21.5 Å². The highest BCUT2D eigenvalue weighted by atomic mass is 32.1. The van der Waals surface area contributed by atoms with Crippen molar-refractivity contribution in [2.24, 2.45) is 5.92 Å². The number of hydrogen-bond donors (Lipinski definition) is 1. The van der Waals surface area contributed by atoms with Gasteiger partial charge in [-0.25, -0.2) is 9.78 Å². The maximum atomic E-state index is 11.6. The molecule has 3 heterocycles. The first-order chi connectivity index (χ1) is 12.5. The number of nitrogens with zero attached hydrogens (tertiary/aromatic N) is 3. The Hall–Kier alpha value is -2.18. The molecule has 0 bridgehead atoms. The Kier molecular flexibility index (Phi) is 4.54. The Labute approximate surface area is 157 Å². The Bertz CT molecular complexity index is 915. The fourth-order valence-corrected chi connectivity index (χ4v) is 4.57. The predicted octanol–water partition coefficient (Wildman–Crippen LogP) is 4.38. The van der Waals surface area contributed by atoms with Crippen LogP contribution in [0, 0.1) is 5.92 Å². The number of hydrogen-bond acceptors (Lipinski definition) is 4. The molecule has 0 unspecified atom stereocenters. The Balaban J connectivity index is 1.69. The minimum absolute atomic E-state index is 0.348. The minimum atomic E-state index is -0.890. The van der Waals surface area contributed by atoms with Crippen LogP contribution in [-0.4, -0.2) is 52.7 Å². The van der Waals surface area contributed by atoms with Gasteiger partial charge in [0.15, 0.2) is 0 Å². The van der Waals surface area contributed by atoms with Crippen LogP contribution in [0.4, 0.5) is 4.79 Å². The summed E-state index contributed by atoms with van der Waals surface area (Å²) in [6.07, 6.45) is 5.34. The Morgan fingerprint density at radius 2 is 2.19 bits per heavy atom. The maximum Gasteiger partial charge on any atom is 0.411 e. The molecule has 2 aromatic rings. The van der Waals surface area contributed by atoms with Crippen molar-refractivity contribution in [3.63, 3.8) is 0 Å². The first-order valence-electron chi connectivity index (χ1n) is 9.01. The van der Waals surface area contributed by atoms with E-state index in [-0.39, 0.29) is 0 Å². The lowest BCUT2D eigenvalue weighted by molar-refractivity contribution is 0.159. The SMILES string of the molecule is C[C@H]1CC=C(c2ccc3sc(C4=CCN(C)CC4)nc3c2)N(C(=O)O)C1. The van der Waals surface area contributed by atoms with Crippen molar-refractivity contribution in [3.05, 3.63) is 40.9 Å². The third-order valence-corrected chi connectivity index (χ3v) is 6.21. The van der Waals surface area contributed by atoms with E-state index in [1.807, 2.05) is 18.2 Å². The van der Waals surface area contributed by atoms with Crippen molar-refractivity contribution in [1.82, 2.24) is 14.8 Å². The van der Waals surface area contributed by atoms with Gasteiger partial charge in [-0.05, 0) is 43.5 Å². The van der Waals surface area contributed by atoms with Gasteiger partial charge in [-0.1, -0.05) is 25.1 Å². The second-order valence-electron chi connectivity index (χ2n) is 7.27. The topological polar surface area (TPSA) is 56.7 Å². The first kappa shape index (κ1) is 17.2. The normalized spacial score (nSPS) is 21.6. The van der Waals surface area contributed by atoms with Gasteiger partial charge in [0.2, 0.25) is 0 Å². The van der Waals surface area contributed by atoms with Crippen molar-refractivity contribution in [2.75, 3.05) is 26.7 Å². The lowest BCUT2D eigenvalue weighted by Gasteiger charge is -2.29. The predicted molar refractivity (Wildman–Crippen MR) is 106 cm³/mol. The van der Waals surface area contributed by atoms with Crippen LogP contribution >= 0.6 is 11.3 Å². The lowest BCUT2D eigenvalue weighted by atomic mass is 9.98. The zero-order valence-corrected chi connectivity index (χ0v) is 15.9. The van der Waals surface area contributed by atoms with Crippen LogP contribution in [0.1, 0.15) is 30.3 Å². The van der Waals surface area contributed by atoms with E-state index < -0.39 is 6.09 Å². The summed E-state index contributed by atoms with van der Waals surface area (Å²) in [6.45, 7) is 4.65. The van der Waals surface area contributed by atoms with Gasteiger partial charge >= 0.3 is 6.09 Å². The number of allylic oxidation sites excluding steroid dienone is 1. The molecule has 136 valence electrons. The molecule has 1 N–H and O–H groups in total. The van der Waals surface area contributed by atoms with Crippen LogP contribution in [0.15, 0.2) is 30.4 Å². The average molecular weight is 369 g/mol. The molecule has 0 saturated heterocycles. The summed E-state index contributed by atoms with van der Waals surface area (Å²) < 4.78 is 1.15. The minimum Gasteiger partial charge on any atom is -0.465 e. The summed E-state index contributed by atoms with van der Waals surface area (Å²) in [6, 6.07) is 6.12. The summed E-state index contributed by atoms with van der Waals surface area (Å²) in [5.41, 5.74) is 3.99. The number of aromatic nitrogens is 1. The number of amides is 1. The molecule has 0 fully saturated rings. The standard InChI is InChI=1S/C20H23N3O2S/c1-13-3-5-17(23(12-13)20(24)25)15-4-6-18-16(11-15)21-19(26-18)14-7-9-22(2)10-8-14/h4-7,11,13H,3,8-10,12H2,1-2H3,(H,24,25)/t13-/m0/s1. The Morgan fingerprint density at radius 3 is 2.92 bits per heavy atom. The second-order valence-corrected chi connectivity index (χ2v) is 8.30. The highest BCUT2D eigenvalue weighted by Crippen LogP contribution is 2.34. The highest BCUT2D eigenvalue weighted by Gasteiger charge is 2.25. The van der Waals surface area contributed by atoms with Crippen LogP contribution in [0.5, 0.6) is 0 Å².